The Kier molecular flexibility index (Phi) is 4.18. The molecule has 1 N–H and O–H groups in total. The van der Waals surface area contributed by atoms with Crippen LogP contribution in [0.4, 0.5) is 0 Å². The summed E-state index contributed by atoms with van der Waals surface area (Å²) in [7, 11) is 7.06. The summed E-state index contributed by atoms with van der Waals surface area (Å²) in [5, 5.41) is 11.0. The van der Waals surface area contributed by atoms with Crippen molar-refractivity contribution in [1.29, 1.82) is 0 Å². The zero-order chi connectivity index (χ0) is 19.1. The van der Waals surface area contributed by atoms with E-state index < -0.39 is 5.50 Å². The molecule has 0 aromatic rings. The van der Waals surface area contributed by atoms with Gasteiger partial charge in [-0.1, -0.05) is 25.5 Å². The van der Waals surface area contributed by atoms with Gasteiger partial charge in [-0.3, -0.25) is 4.79 Å². The third kappa shape index (κ3) is 2.55. The summed E-state index contributed by atoms with van der Waals surface area (Å²) >= 11 is 0. The van der Waals surface area contributed by atoms with E-state index in [0.29, 0.717) is 17.1 Å². The first-order valence-electron chi connectivity index (χ1n) is 11.1. The minimum absolute atomic E-state index is 0.208. The number of fused-ring (bicyclic) bond motifs is 5. The number of rotatable bonds is 1. The topological polar surface area (TPSA) is 37.3 Å². The van der Waals surface area contributed by atoms with Gasteiger partial charge in [0.2, 0.25) is 0 Å². The summed E-state index contributed by atoms with van der Waals surface area (Å²) in [4.78, 5) is 12.4. The Balaban J connectivity index is 1.72. The normalized spacial score (nSPS) is 55.5. The predicted octanol–water partition coefficient (Wildman–Crippen LogP) is 1.55. The highest BCUT2D eigenvalue weighted by Gasteiger charge is 2.65. The molecule has 4 saturated carbocycles. The van der Waals surface area contributed by atoms with Crippen LogP contribution in [0.3, 0.4) is 0 Å². The van der Waals surface area contributed by atoms with Gasteiger partial charge in [0.15, 0.2) is 0 Å². The van der Waals surface area contributed by atoms with E-state index in [1.54, 1.807) is 0 Å². The van der Waals surface area contributed by atoms with Crippen LogP contribution in [0, 0.1) is 40.4 Å². The van der Waals surface area contributed by atoms with Gasteiger partial charge in [-0.15, -0.1) is 0 Å². The Hall–Kier alpha value is -0.175. The average Bonchev–Trinajstić information content (AvgIpc) is 2.83. The van der Waals surface area contributed by atoms with Gasteiger partial charge in [-0.2, -0.15) is 0 Å². The van der Waals surface area contributed by atoms with Crippen molar-refractivity contribution in [2.24, 2.45) is 40.4 Å². The summed E-state index contributed by atoms with van der Waals surface area (Å²) in [5.74, 6) is 3.63. The molecule has 26 heavy (non-hydrogen) atoms. The van der Waals surface area contributed by atoms with Crippen LogP contribution >= 0.6 is 0 Å². The summed E-state index contributed by atoms with van der Waals surface area (Å²) < 4.78 is 0. The Morgan fingerprint density at radius 1 is 1.00 bits per heavy atom. The fourth-order valence-electron chi connectivity index (χ4n) is 9.39. The second-order valence-electron chi connectivity index (χ2n) is 12.1. The monoisotopic (exact) mass is 354 g/mol. The molecular weight excluding hydrogens is 317 g/mol. The van der Waals surface area contributed by atoms with E-state index >= 15 is 0 Å². The van der Waals surface area contributed by atoms with Crippen molar-refractivity contribution in [2.45, 2.75) is 82.9 Å². The van der Waals surface area contributed by atoms with Crippen LogP contribution in [-0.4, -0.2) is 39.9 Å². The highest BCUT2D eigenvalue weighted by atomic mass is 16.3. The number of hydrogen-bond acceptors (Lipinski definition) is 2. The van der Waals surface area contributed by atoms with E-state index in [4.69, 9.17) is 0 Å². The molecule has 2 nitrogen and oxygen atoms in total. The minimum Gasteiger partial charge on any atom is -0.399 e. The van der Waals surface area contributed by atoms with Gasteiger partial charge < -0.3 is 5.11 Å². The van der Waals surface area contributed by atoms with Crippen LogP contribution < -0.4 is 0 Å². The first-order chi connectivity index (χ1) is 11.9. The minimum atomic E-state index is -0.461. The van der Waals surface area contributed by atoms with E-state index in [0.717, 1.165) is 37.0 Å². The number of carbonyl (C=O) groups excluding carboxylic acids is 1. The zero-order valence-electron chi connectivity index (χ0n) is 17.9. The molecule has 142 valence electrons. The molecule has 4 rings (SSSR count). The quantitative estimate of drug-likeness (QED) is 0.726. The van der Waals surface area contributed by atoms with Crippen molar-refractivity contribution in [3.8, 4) is 0 Å². The number of ketones is 1. The second kappa shape index (κ2) is 5.68. The molecule has 0 amide bonds. The standard InChI is InChI=1S/C21H37B3O2/c1-12(25)15-6-7-16-14-5-4-13-10-20(22,26)9-8-18(13,2)17(14)21(23,24)11-19(15,16)3/h13-17,26H,4-11,22-24H2,1-3H3/t13-,14-,15+,16-,17-,18-,19+,20+/m0/s1. The molecule has 0 radical (unpaired) electrons. The first-order valence-corrected chi connectivity index (χ1v) is 11.1. The van der Waals surface area contributed by atoms with Gasteiger partial charge in [0.25, 0.3) is 0 Å². The molecule has 0 heterocycles. The highest BCUT2D eigenvalue weighted by Crippen LogP contribution is 2.73. The van der Waals surface area contributed by atoms with Gasteiger partial charge in [0.1, 0.15) is 13.6 Å². The van der Waals surface area contributed by atoms with E-state index in [2.05, 4.69) is 37.4 Å². The lowest BCUT2D eigenvalue weighted by molar-refractivity contribution is -0.146. The first kappa shape index (κ1) is 19.2. The van der Waals surface area contributed by atoms with E-state index in [-0.39, 0.29) is 16.5 Å². The molecule has 0 unspecified atom stereocenters. The van der Waals surface area contributed by atoms with Crippen molar-refractivity contribution >= 4 is 29.3 Å². The molecule has 0 aliphatic heterocycles. The molecule has 4 aliphatic rings. The fourth-order valence-corrected chi connectivity index (χ4v) is 9.39. The SMILES string of the molecule is BC1(B)C[C@]2(C)[C@@H](C(C)=O)CC[C@H]2[C@@H]2CC[C@H]3C[C@](B)(O)CC[C@]3(C)[C@H]21. The lowest BCUT2D eigenvalue weighted by atomic mass is 9.29. The molecule has 0 aromatic carbocycles. The van der Waals surface area contributed by atoms with Crippen molar-refractivity contribution in [3.63, 3.8) is 0 Å². The summed E-state index contributed by atoms with van der Waals surface area (Å²) in [5.41, 5.74) is 0.113. The number of carbonyl (C=O) groups is 1. The Morgan fingerprint density at radius 2 is 1.69 bits per heavy atom. The van der Waals surface area contributed by atoms with Crippen molar-refractivity contribution in [2.75, 3.05) is 0 Å². The smallest absolute Gasteiger partial charge is 0.142 e. The number of Topliss-reactive ketones (excluding diaryl/α,β-unsaturated/α-hetero) is 1. The molecule has 0 aromatic heterocycles. The number of hydrogen-bond donors (Lipinski definition) is 1. The van der Waals surface area contributed by atoms with E-state index in [1.807, 2.05) is 6.92 Å². The second-order valence-corrected chi connectivity index (χ2v) is 12.1. The Labute approximate surface area is 162 Å². The summed E-state index contributed by atoms with van der Waals surface area (Å²) in [6.07, 6.45) is 9.29. The van der Waals surface area contributed by atoms with Crippen LogP contribution in [0.2, 0.25) is 5.21 Å². The maximum absolute atomic E-state index is 12.4. The molecule has 0 bridgehead atoms. The van der Waals surface area contributed by atoms with Gasteiger partial charge >= 0.3 is 0 Å². The maximum atomic E-state index is 12.4. The predicted molar refractivity (Wildman–Crippen MR) is 115 cm³/mol. The van der Waals surface area contributed by atoms with Crippen molar-refractivity contribution in [1.82, 2.24) is 0 Å². The molecule has 0 spiro atoms. The third-order valence-corrected chi connectivity index (χ3v) is 9.90. The number of aliphatic hydroxyl groups is 1. The van der Waals surface area contributed by atoms with Crippen LogP contribution in [0.5, 0.6) is 0 Å². The van der Waals surface area contributed by atoms with Crippen LogP contribution in [0.1, 0.15) is 72.1 Å². The lowest BCUT2D eigenvalue weighted by Crippen LogP contribution is -2.61. The molecule has 0 saturated heterocycles. The third-order valence-electron chi connectivity index (χ3n) is 9.90. The molecule has 5 heteroatoms. The van der Waals surface area contributed by atoms with E-state index in [1.165, 1.54) is 32.1 Å². The summed E-state index contributed by atoms with van der Waals surface area (Å²) in [6.45, 7) is 6.85. The maximum Gasteiger partial charge on any atom is 0.142 e. The van der Waals surface area contributed by atoms with Gasteiger partial charge in [-0.05, 0) is 86.4 Å². The van der Waals surface area contributed by atoms with Crippen molar-refractivity contribution in [3.05, 3.63) is 0 Å². The van der Waals surface area contributed by atoms with Crippen LogP contribution in [0.15, 0.2) is 0 Å². The van der Waals surface area contributed by atoms with Gasteiger partial charge in [0, 0.05) is 11.4 Å². The Morgan fingerprint density at radius 3 is 2.35 bits per heavy atom. The molecule has 4 fully saturated rings. The van der Waals surface area contributed by atoms with Crippen molar-refractivity contribution < 1.29 is 9.90 Å². The van der Waals surface area contributed by atoms with Gasteiger partial charge in [0.05, 0.1) is 15.7 Å². The molecular formula is C21H37B3O2. The Bertz CT molecular complexity index is 618. The average molecular weight is 354 g/mol. The summed E-state index contributed by atoms with van der Waals surface area (Å²) in [6, 6.07) is 0. The lowest BCUT2D eigenvalue weighted by Gasteiger charge is -2.67. The zero-order valence-corrected chi connectivity index (χ0v) is 17.9. The fraction of sp³-hybridized carbons (Fsp3) is 0.952. The largest absolute Gasteiger partial charge is 0.399 e. The van der Waals surface area contributed by atoms with Crippen LogP contribution in [0.25, 0.3) is 0 Å². The molecule has 8 atom stereocenters. The highest BCUT2D eigenvalue weighted by molar-refractivity contribution is 6.40. The van der Waals surface area contributed by atoms with E-state index in [9.17, 15) is 9.90 Å². The molecule has 4 aliphatic carbocycles. The van der Waals surface area contributed by atoms with Gasteiger partial charge in [-0.25, -0.2) is 0 Å². The van der Waals surface area contributed by atoms with Crippen LogP contribution in [-0.2, 0) is 4.79 Å².